The molecule has 1 amide bonds. The Morgan fingerprint density at radius 2 is 1.88 bits per heavy atom. The van der Waals surface area contributed by atoms with Gasteiger partial charge in [0.1, 0.15) is 0 Å². The summed E-state index contributed by atoms with van der Waals surface area (Å²) in [5.74, 6) is 0.613. The second kappa shape index (κ2) is 9.85. The van der Waals surface area contributed by atoms with Crippen LogP contribution in [-0.4, -0.2) is 56.0 Å². The Labute approximate surface area is 159 Å². The van der Waals surface area contributed by atoms with Crippen molar-refractivity contribution in [2.24, 2.45) is 0 Å². The Bertz CT molecular complexity index is 656. The largest absolute Gasteiger partial charge is 0.354 e. The second-order valence-corrected chi connectivity index (χ2v) is 10.4. The molecule has 0 aromatic heterocycles. The van der Waals surface area contributed by atoms with Crippen LogP contribution in [0.25, 0.3) is 0 Å². The summed E-state index contributed by atoms with van der Waals surface area (Å²) in [7, 11) is -2.21. The number of likely N-dealkylation sites (N-methyl/N-ethyl adjacent to an activating group) is 1. The van der Waals surface area contributed by atoms with E-state index in [1.165, 1.54) is 32.7 Å². The lowest BCUT2D eigenvalue weighted by Crippen LogP contribution is -2.39. The van der Waals surface area contributed by atoms with Gasteiger partial charge in [0, 0.05) is 29.5 Å². The molecular weight excluding hydrogens is 376 g/mol. The molecule has 0 aliphatic heterocycles. The number of hydrogen-bond acceptors (Lipinski definition) is 5. The molecule has 1 aromatic rings. The number of nitrogens with zero attached hydrogens (tertiary/aromatic N) is 1. The molecule has 5 nitrogen and oxygen atoms in total. The third-order valence-corrected chi connectivity index (χ3v) is 8.16. The van der Waals surface area contributed by atoms with E-state index in [1.54, 1.807) is 36.0 Å². The van der Waals surface area contributed by atoms with E-state index in [2.05, 4.69) is 5.32 Å². The van der Waals surface area contributed by atoms with Crippen LogP contribution < -0.4 is 5.32 Å². The summed E-state index contributed by atoms with van der Waals surface area (Å²) >= 11 is 3.46. The smallest absolute Gasteiger partial charge is 0.243 e. The van der Waals surface area contributed by atoms with E-state index in [0.717, 1.165) is 20.2 Å². The maximum absolute atomic E-state index is 12.5. The molecule has 0 saturated heterocycles. The van der Waals surface area contributed by atoms with Crippen LogP contribution in [0.3, 0.4) is 0 Å². The minimum atomic E-state index is -3.64. The Hall–Kier alpha value is -0.700. The molecule has 8 heteroatoms. The van der Waals surface area contributed by atoms with Crippen molar-refractivity contribution in [3.63, 3.8) is 0 Å². The zero-order valence-electron chi connectivity index (χ0n) is 14.7. The van der Waals surface area contributed by atoms with Crippen molar-refractivity contribution in [3.05, 3.63) is 24.3 Å². The van der Waals surface area contributed by atoms with Crippen molar-refractivity contribution in [3.8, 4) is 0 Å². The predicted molar refractivity (Wildman–Crippen MR) is 106 cm³/mol. The molecule has 0 spiro atoms. The fraction of sp³-hybridized carbons (Fsp3) is 0.588. The van der Waals surface area contributed by atoms with E-state index in [9.17, 15) is 13.2 Å². The molecule has 1 saturated carbocycles. The molecule has 0 atom stereocenters. The Kier molecular flexibility index (Phi) is 8.12. The lowest BCUT2D eigenvalue weighted by molar-refractivity contribution is -0.121. The van der Waals surface area contributed by atoms with E-state index in [-0.39, 0.29) is 17.3 Å². The Morgan fingerprint density at radius 3 is 2.48 bits per heavy atom. The van der Waals surface area contributed by atoms with E-state index < -0.39 is 10.0 Å². The molecule has 1 aliphatic carbocycles. The standard InChI is InChI=1S/C17H26N2O3S3/c1-19(25(21,22)16-9-7-14(23-2)8-10-16)13-17(20)18-11-12-24-15-5-3-4-6-15/h7-10,15H,3-6,11-13H2,1-2H3,(H,18,20). The third kappa shape index (κ3) is 6.20. The second-order valence-electron chi connectivity index (χ2n) is 6.06. The van der Waals surface area contributed by atoms with Crippen molar-refractivity contribution in [2.75, 3.05) is 32.1 Å². The van der Waals surface area contributed by atoms with Gasteiger partial charge in [-0.3, -0.25) is 4.79 Å². The van der Waals surface area contributed by atoms with Gasteiger partial charge in [-0.2, -0.15) is 16.1 Å². The van der Waals surface area contributed by atoms with E-state index in [4.69, 9.17) is 0 Å². The summed E-state index contributed by atoms with van der Waals surface area (Å²) in [4.78, 5) is 13.2. The van der Waals surface area contributed by atoms with Crippen LogP contribution in [0.4, 0.5) is 0 Å². The highest BCUT2D eigenvalue weighted by atomic mass is 32.2. The molecule has 1 fully saturated rings. The SMILES string of the molecule is CSc1ccc(S(=O)(=O)N(C)CC(=O)NCCSC2CCCC2)cc1. The first kappa shape index (κ1) is 20.6. The van der Waals surface area contributed by atoms with Crippen LogP contribution >= 0.6 is 23.5 Å². The lowest BCUT2D eigenvalue weighted by atomic mass is 10.4. The van der Waals surface area contributed by atoms with E-state index in [0.29, 0.717) is 6.54 Å². The zero-order valence-corrected chi connectivity index (χ0v) is 17.2. The van der Waals surface area contributed by atoms with Crippen molar-refractivity contribution in [1.29, 1.82) is 0 Å². The highest BCUT2D eigenvalue weighted by Gasteiger charge is 2.23. The van der Waals surface area contributed by atoms with Gasteiger partial charge in [-0.05, 0) is 43.4 Å². The van der Waals surface area contributed by atoms with Gasteiger partial charge in [-0.15, -0.1) is 11.8 Å². The van der Waals surface area contributed by atoms with Gasteiger partial charge in [0.15, 0.2) is 0 Å². The number of rotatable bonds is 9. The van der Waals surface area contributed by atoms with Gasteiger partial charge >= 0.3 is 0 Å². The molecule has 0 unspecified atom stereocenters. The number of thioether (sulfide) groups is 2. The van der Waals surface area contributed by atoms with Gasteiger partial charge in [-0.1, -0.05) is 12.8 Å². The summed E-state index contributed by atoms with van der Waals surface area (Å²) in [6.45, 7) is 0.414. The summed E-state index contributed by atoms with van der Waals surface area (Å²) in [6, 6.07) is 6.69. The van der Waals surface area contributed by atoms with Crippen LogP contribution in [0.2, 0.25) is 0 Å². The minimum Gasteiger partial charge on any atom is -0.354 e. The highest BCUT2D eigenvalue weighted by Crippen LogP contribution is 2.28. The summed E-state index contributed by atoms with van der Waals surface area (Å²) in [5.41, 5.74) is 0. The van der Waals surface area contributed by atoms with E-state index in [1.807, 2.05) is 18.0 Å². The first-order valence-electron chi connectivity index (χ1n) is 8.42. The fourth-order valence-electron chi connectivity index (χ4n) is 2.74. The van der Waals surface area contributed by atoms with Gasteiger partial charge in [0.2, 0.25) is 15.9 Å². The molecule has 1 N–H and O–H groups in total. The number of carbonyl (C=O) groups is 1. The molecule has 25 heavy (non-hydrogen) atoms. The minimum absolute atomic E-state index is 0.166. The van der Waals surface area contributed by atoms with Crippen molar-refractivity contribution in [2.45, 2.75) is 40.7 Å². The highest BCUT2D eigenvalue weighted by molar-refractivity contribution is 7.99. The number of benzene rings is 1. The number of carbonyl (C=O) groups excluding carboxylic acids is 1. The maximum Gasteiger partial charge on any atom is 0.243 e. The van der Waals surface area contributed by atoms with Gasteiger partial charge < -0.3 is 5.32 Å². The molecule has 0 bridgehead atoms. The first-order valence-corrected chi connectivity index (χ1v) is 12.1. The van der Waals surface area contributed by atoms with Crippen LogP contribution in [0.1, 0.15) is 25.7 Å². The predicted octanol–water partition coefficient (Wildman–Crippen LogP) is 2.82. The van der Waals surface area contributed by atoms with Crippen molar-refractivity contribution >= 4 is 39.5 Å². The lowest BCUT2D eigenvalue weighted by Gasteiger charge is -2.17. The van der Waals surface area contributed by atoms with Gasteiger partial charge in [0.25, 0.3) is 0 Å². The quantitative estimate of drug-likeness (QED) is 0.508. The average molecular weight is 403 g/mol. The van der Waals surface area contributed by atoms with Crippen molar-refractivity contribution < 1.29 is 13.2 Å². The number of hydrogen-bond donors (Lipinski definition) is 1. The molecule has 140 valence electrons. The molecule has 1 aromatic carbocycles. The van der Waals surface area contributed by atoms with Crippen LogP contribution in [0.5, 0.6) is 0 Å². The van der Waals surface area contributed by atoms with Gasteiger partial charge in [0.05, 0.1) is 11.4 Å². The van der Waals surface area contributed by atoms with Crippen LogP contribution in [0.15, 0.2) is 34.1 Å². The normalized spacial score (nSPS) is 15.6. The first-order chi connectivity index (χ1) is 11.9. The molecule has 1 aliphatic rings. The number of sulfonamides is 1. The molecular formula is C17H26N2O3S3. The summed E-state index contributed by atoms with van der Waals surface area (Å²) < 4.78 is 26.1. The Morgan fingerprint density at radius 1 is 1.24 bits per heavy atom. The summed E-state index contributed by atoms with van der Waals surface area (Å²) in [6.07, 6.45) is 7.10. The molecule has 2 rings (SSSR count). The van der Waals surface area contributed by atoms with Gasteiger partial charge in [-0.25, -0.2) is 8.42 Å². The average Bonchev–Trinajstić information content (AvgIpc) is 3.12. The number of amides is 1. The van der Waals surface area contributed by atoms with Crippen LogP contribution in [0, 0.1) is 0 Å². The third-order valence-electron chi connectivity index (χ3n) is 4.21. The Balaban J connectivity index is 1.78. The van der Waals surface area contributed by atoms with Crippen molar-refractivity contribution in [1.82, 2.24) is 9.62 Å². The zero-order chi connectivity index (χ0) is 18.3. The molecule has 0 heterocycles. The van der Waals surface area contributed by atoms with E-state index >= 15 is 0 Å². The topological polar surface area (TPSA) is 66.5 Å². The monoisotopic (exact) mass is 402 g/mol. The molecule has 0 radical (unpaired) electrons. The number of nitrogens with one attached hydrogen (secondary N) is 1. The fourth-order valence-corrected chi connectivity index (χ4v) is 5.50. The summed E-state index contributed by atoms with van der Waals surface area (Å²) in [5, 5.41) is 3.54. The van der Waals surface area contributed by atoms with Crippen LogP contribution in [-0.2, 0) is 14.8 Å². The maximum atomic E-state index is 12.5.